The van der Waals surface area contributed by atoms with Gasteiger partial charge in [-0.25, -0.2) is 4.79 Å². The number of nitrogens with zero attached hydrogens (tertiary/aromatic N) is 1. The van der Waals surface area contributed by atoms with Crippen molar-refractivity contribution in [1.29, 1.82) is 0 Å². The van der Waals surface area contributed by atoms with Gasteiger partial charge in [0.2, 0.25) is 0 Å². The zero-order valence-electron chi connectivity index (χ0n) is 7.19. The molecule has 0 N–H and O–H groups in total. The van der Waals surface area contributed by atoms with Crippen LogP contribution in [0.4, 0.5) is 4.79 Å². The number of hydrogen-bond donors (Lipinski definition) is 0. The topological polar surface area (TPSA) is 48.0 Å². The van der Waals surface area contributed by atoms with Crippen molar-refractivity contribution in [3.63, 3.8) is 0 Å². The van der Waals surface area contributed by atoms with Crippen molar-refractivity contribution < 1.29 is 19.0 Å². The van der Waals surface area contributed by atoms with Gasteiger partial charge >= 0.3 is 6.09 Å². The molecule has 0 aliphatic carbocycles. The Bertz CT molecular complexity index is 249. The third-order valence-corrected chi connectivity index (χ3v) is 2.85. The van der Waals surface area contributed by atoms with Crippen LogP contribution < -0.4 is 0 Å². The molecule has 0 bridgehead atoms. The van der Waals surface area contributed by atoms with Gasteiger partial charge in [-0.05, 0) is 0 Å². The zero-order valence-corrected chi connectivity index (χ0v) is 7.19. The van der Waals surface area contributed by atoms with Crippen LogP contribution in [0.2, 0.25) is 0 Å². The van der Waals surface area contributed by atoms with Crippen LogP contribution in [0, 0.1) is 0 Å². The summed E-state index contributed by atoms with van der Waals surface area (Å²) in [6, 6.07) is 0.158. The highest BCUT2D eigenvalue weighted by molar-refractivity contribution is 5.70. The van der Waals surface area contributed by atoms with Crippen LogP contribution in [0.25, 0.3) is 0 Å². The summed E-state index contributed by atoms with van der Waals surface area (Å²) in [7, 11) is 0. The lowest BCUT2D eigenvalue weighted by Crippen LogP contribution is -2.35. The van der Waals surface area contributed by atoms with E-state index in [0.717, 1.165) is 6.42 Å². The Kier molecular flexibility index (Phi) is 1.38. The van der Waals surface area contributed by atoms with E-state index in [9.17, 15) is 4.79 Å². The number of cyclic esters (lactones) is 1. The normalized spacial score (nSPS) is 35.5. The van der Waals surface area contributed by atoms with Crippen molar-refractivity contribution in [3.05, 3.63) is 0 Å². The molecule has 0 aromatic rings. The van der Waals surface area contributed by atoms with Gasteiger partial charge in [-0.15, -0.1) is 0 Å². The Morgan fingerprint density at radius 2 is 2.15 bits per heavy atom. The highest BCUT2D eigenvalue weighted by Crippen LogP contribution is 2.37. The number of carbonyl (C=O) groups excluding carboxylic acids is 1. The summed E-state index contributed by atoms with van der Waals surface area (Å²) in [5.74, 6) is -0.510. The van der Waals surface area contributed by atoms with E-state index >= 15 is 0 Å². The van der Waals surface area contributed by atoms with Gasteiger partial charge in [-0.2, -0.15) is 0 Å². The molecule has 5 nitrogen and oxygen atoms in total. The minimum absolute atomic E-state index is 0.158. The van der Waals surface area contributed by atoms with Gasteiger partial charge in [0, 0.05) is 6.42 Å². The second-order valence-corrected chi connectivity index (χ2v) is 3.67. The number of carbonyl (C=O) groups is 1. The Labute approximate surface area is 75.5 Å². The smallest absolute Gasteiger partial charge is 0.410 e. The van der Waals surface area contributed by atoms with Gasteiger partial charge in [-0.1, -0.05) is 0 Å². The Balaban J connectivity index is 1.81. The van der Waals surface area contributed by atoms with Crippen molar-refractivity contribution in [2.24, 2.45) is 0 Å². The lowest BCUT2D eigenvalue weighted by atomic mass is 10.2. The summed E-state index contributed by atoms with van der Waals surface area (Å²) < 4.78 is 15.9. The van der Waals surface area contributed by atoms with Crippen molar-refractivity contribution >= 4 is 6.09 Å². The van der Waals surface area contributed by atoms with Gasteiger partial charge in [0.05, 0.1) is 25.8 Å². The second kappa shape index (κ2) is 2.36. The predicted molar refractivity (Wildman–Crippen MR) is 41.1 cm³/mol. The molecule has 3 aliphatic heterocycles. The Morgan fingerprint density at radius 1 is 1.38 bits per heavy atom. The van der Waals surface area contributed by atoms with Crippen molar-refractivity contribution in [3.8, 4) is 0 Å². The van der Waals surface area contributed by atoms with Gasteiger partial charge in [0.25, 0.3) is 0 Å². The quantitative estimate of drug-likeness (QED) is 0.531. The maximum absolute atomic E-state index is 11.2. The predicted octanol–water partition coefficient (Wildman–Crippen LogP) is -0.0460. The molecule has 13 heavy (non-hydrogen) atoms. The largest absolute Gasteiger partial charge is 0.447 e. The molecule has 3 aliphatic rings. The van der Waals surface area contributed by atoms with Crippen molar-refractivity contribution in [1.82, 2.24) is 4.90 Å². The highest BCUT2D eigenvalue weighted by Gasteiger charge is 2.53. The number of rotatable bonds is 0. The fourth-order valence-corrected chi connectivity index (χ4v) is 2.24. The first-order chi connectivity index (χ1) is 6.29. The summed E-state index contributed by atoms with van der Waals surface area (Å²) in [6.07, 6.45) is 0.514. The molecule has 0 saturated carbocycles. The molecule has 0 aromatic heterocycles. The van der Waals surface area contributed by atoms with Crippen molar-refractivity contribution in [2.45, 2.75) is 18.2 Å². The first kappa shape index (κ1) is 7.58. The number of ether oxygens (including phenoxy) is 3. The maximum atomic E-state index is 11.2. The van der Waals surface area contributed by atoms with E-state index in [4.69, 9.17) is 14.2 Å². The van der Waals surface area contributed by atoms with Gasteiger partial charge < -0.3 is 14.2 Å². The Morgan fingerprint density at radius 3 is 2.85 bits per heavy atom. The van der Waals surface area contributed by atoms with E-state index in [1.54, 1.807) is 4.90 Å². The van der Waals surface area contributed by atoms with Gasteiger partial charge in [-0.3, -0.25) is 4.90 Å². The van der Waals surface area contributed by atoms with E-state index in [1.165, 1.54) is 0 Å². The average Bonchev–Trinajstić information content (AvgIpc) is 2.76. The molecule has 0 aromatic carbocycles. The van der Waals surface area contributed by atoms with Crippen LogP contribution in [0.15, 0.2) is 0 Å². The number of hydrogen-bond acceptors (Lipinski definition) is 4. The van der Waals surface area contributed by atoms with E-state index in [1.807, 2.05) is 0 Å². The molecular formula is C8H11NO4. The second-order valence-electron chi connectivity index (χ2n) is 3.67. The van der Waals surface area contributed by atoms with Crippen LogP contribution in [0.3, 0.4) is 0 Å². The summed E-state index contributed by atoms with van der Waals surface area (Å²) in [5.41, 5.74) is 0. The van der Waals surface area contributed by atoms with Crippen LogP contribution in [-0.4, -0.2) is 49.2 Å². The van der Waals surface area contributed by atoms with E-state index in [-0.39, 0.29) is 12.1 Å². The molecule has 1 unspecified atom stereocenters. The molecule has 3 rings (SSSR count). The molecule has 0 radical (unpaired) electrons. The van der Waals surface area contributed by atoms with E-state index in [2.05, 4.69) is 0 Å². The molecule has 1 spiro atoms. The zero-order chi connectivity index (χ0) is 8.89. The van der Waals surface area contributed by atoms with Crippen LogP contribution >= 0.6 is 0 Å². The molecule has 3 heterocycles. The summed E-state index contributed by atoms with van der Waals surface area (Å²) >= 11 is 0. The molecule has 1 atom stereocenters. The fraction of sp³-hybridized carbons (Fsp3) is 0.875. The molecule has 72 valence electrons. The van der Waals surface area contributed by atoms with Gasteiger partial charge in [0.15, 0.2) is 5.79 Å². The summed E-state index contributed by atoms with van der Waals surface area (Å²) in [5, 5.41) is 0. The van der Waals surface area contributed by atoms with Gasteiger partial charge in [0.1, 0.15) is 6.61 Å². The van der Waals surface area contributed by atoms with E-state index < -0.39 is 5.79 Å². The SMILES string of the molecule is O=C1OCC2CC3(CN12)OCCO3. The highest BCUT2D eigenvalue weighted by atomic mass is 16.7. The summed E-state index contributed by atoms with van der Waals surface area (Å²) in [4.78, 5) is 12.9. The van der Waals surface area contributed by atoms with Crippen LogP contribution in [-0.2, 0) is 14.2 Å². The molecule has 3 saturated heterocycles. The molecule has 1 amide bonds. The average molecular weight is 185 g/mol. The first-order valence-electron chi connectivity index (χ1n) is 4.50. The monoisotopic (exact) mass is 185 g/mol. The molecular weight excluding hydrogens is 174 g/mol. The molecule has 5 heteroatoms. The molecule has 3 fully saturated rings. The maximum Gasteiger partial charge on any atom is 0.410 e. The van der Waals surface area contributed by atoms with Crippen LogP contribution in [0.1, 0.15) is 6.42 Å². The van der Waals surface area contributed by atoms with Crippen LogP contribution in [0.5, 0.6) is 0 Å². The number of amides is 1. The first-order valence-corrected chi connectivity index (χ1v) is 4.50. The summed E-state index contributed by atoms with van der Waals surface area (Å²) in [6.45, 7) is 2.27. The van der Waals surface area contributed by atoms with E-state index in [0.29, 0.717) is 26.4 Å². The number of fused-ring (bicyclic) bond motifs is 1. The Hall–Kier alpha value is -0.810. The minimum Gasteiger partial charge on any atom is -0.447 e. The third-order valence-electron chi connectivity index (χ3n) is 2.85. The van der Waals surface area contributed by atoms with Crippen molar-refractivity contribution in [2.75, 3.05) is 26.4 Å². The lowest BCUT2D eigenvalue weighted by molar-refractivity contribution is -0.146. The fourth-order valence-electron chi connectivity index (χ4n) is 2.24. The minimum atomic E-state index is -0.510. The third kappa shape index (κ3) is 0.971. The lowest BCUT2D eigenvalue weighted by Gasteiger charge is -2.21. The standard InChI is InChI=1S/C8H11NO4/c10-7-9-5-8(12-1-2-13-8)3-6(9)4-11-7/h6H,1-5H2.